The van der Waals surface area contributed by atoms with Crippen LogP contribution in [0.25, 0.3) is 6.08 Å². The first-order valence-corrected chi connectivity index (χ1v) is 9.51. The van der Waals surface area contributed by atoms with Crippen molar-refractivity contribution < 1.29 is 9.53 Å². The van der Waals surface area contributed by atoms with Crippen LogP contribution in [0.1, 0.15) is 29.3 Å². The summed E-state index contributed by atoms with van der Waals surface area (Å²) in [6, 6.07) is 12.2. The molecule has 0 saturated carbocycles. The zero-order valence-electron chi connectivity index (χ0n) is 14.5. The number of benzene rings is 1. The molecule has 1 unspecified atom stereocenters. The largest absolute Gasteiger partial charge is 0.497 e. The molecule has 2 heterocycles. The molecule has 2 aromatic rings. The SMILES string of the molecule is COc1cccc(/C=C/C(=O)NCC(c2cccs2)N2CCCC2)c1. The molecule has 1 atom stereocenters. The van der Waals surface area contributed by atoms with E-state index in [0.29, 0.717) is 6.54 Å². The molecule has 1 fully saturated rings. The molecule has 0 radical (unpaired) electrons. The van der Waals surface area contributed by atoms with E-state index in [-0.39, 0.29) is 11.9 Å². The van der Waals surface area contributed by atoms with Crippen LogP contribution in [0.2, 0.25) is 0 Å². The van der Waals surface area contributed by atoms with Crippen molar-refractivity contribution in [2.24, 2.45) is 0 Å². The van der Waals surface area contributed by atoms with E-state index in [1.807, 2.05) is 30.3 Å². The molecule has 1 amide bonds. The van der Waals surface area contributed by atoms with Crippen molar-refractivity contribution in [3.8, 4) is 5.75 Å². The number of carbonyl (C=O) groups excluding carboxylic acids is 1. The van der Waals surface area contributed by atoms with Crippen LogP contribution in [0.4, 0.5) is 0 Å². The molecule has 5 heteroatoms. The van der Waals surface area contributed by atoms with Gasteiger partial charge in [0, 0.05) is 17.5 Å². The number of thiophene rings is 1. The minimum absolute atomic E-state index is 0.0661. The summed E-state index contributed by atoms with van der Waals surface area (Å²) < 4.78 is 5.20. The lowest BCUT2D eigenvalue weighted by Crippen LogP contribution is -2.35. The van der Waals surface area contributed by atoms with E-state index in [1.54, 1.807) is 24.5 Å². The minimum Gasteiger partial charge on any atom is -0.497 e. The standard InChI is InChI=1S/C20H24N2O2S/c1-24-17-7-4-6-16(14-17)9-10-20(23)21-15-18(19-8-5-13-25-19)22-11-2-3-12-22/h4-10,13-14,18H,2-3,11-12,15H2,1H3,(H,21,23)/b10-9+. The lowest BCUT2D eigenvalue weighted by atomic mass is 10.2. The molecule has 1 aliphatic rings. The number of nitrogens with zero attached hydrogens (tertiary/aromatic N) is 1. The molecule has 4 nitrogen and oxygen atoms in total. The zero-order chi connectivity index (χ0) is 17.5. The van der Waals surface area contributed by atoms with Crippen LogP contribution in [0.5, 0.6) is 5.75 Å². The second-order valence-electron chi connectivity index (χ2n) is 6.13. The van der Waals surface area contributed by atoms with Gasteiger partial charge in [-0.1, -0.05) is 18.2 Å². The molecular formula is C20H24N2O2S. The third-order valence-corrected chi connectivity index (χ3v) is 5.42. The van der Waals surface area contributed by atoms with Crippen molar-refractivity contribution in [2.45, 2.75) is 18.9 Å². The van der Waals surface area contributed by atoms with Gasteiger partial charge in [-0.25, -0.2) is 0 Å². The lowest BCUT2D eigenvalue weighted by molar-refractivity contribution is -0.116. The molecule has 0 aliphatic carbocycles. The third-order valence-electron chi connectivity index (χ3n) is 4.44. The lowest BCUT2D eigenvalue weighted by Gasteiger charge is -2.26. The third kappa shape index (κ3) is 4.94. The van der Waals surface area contributed by atoms with Crippen LogP contribution in [-0.2, 0) is 4.79 Å². The van der Waals surface area contributed by atoms with E-state index in [0.717, 1.165) is 24.4 Å². The maximum absolute atomic E-state index is 12.2. The highest BCUT2D eigenvalue weighted by atomic mass is 32.1. The van der Waals surface area contributed by atoms with Crippen LogP contribution in [0, 0.1) is 0 Å². The summed E-state index contributed by atoms with van der Waals surface area (Å²) in [7, 11) is 1.64. The Morgan fingerprint density at radius 1 is 1.32 bits per heavy atom. The first-order chi connectivity index (χ1) is 12.3. The van der Waals surface area contributed by atoms with Gasteiger partial charge in [-0.3, -0.25) is 9.69 Å². The monoisotopic (exact) mass is 356 g/mol. The van der Waals surface area contributed by atoms with E-state index in [9.17, 15) is 4.79 Å². The van der Waals surface area contributed by atoms with Gasteiger partial charge in [-0.15, -0.1) is 11.3 Å². The van der Waals surface area contributed by atoms with Gasteiger partial charge < -0.3 is 10.1 Å². The summed E-state index contributed by atoms with van der Waals surface area (Å²) in [4.78, 5) is 16.0. The van der Waals surface area contributed by atoms with Crippen molar-refractivity contribution in [3.63, 3.8) is 0 Å². The van der Waals surface area contributed by atoms with Gasteiger partial charge in [0.25, 0.3) is 0 Å². The molecule has 1 saturated heterocycles. The first kappa shape index (κ1) is 17.7. The van der Waals surface area contributed by atoms with E-state index in [4.69, 9.17) is 4.74 Å². The number of ether oxygens (including phenoxy) is 1. The topological polar surface area (TPSA) is 41.6 Å². The number of amides is 1. The summed E-state index contributed by atoms with van der Waals surface area (Å²) in [5.74, 6) is 0.720. The number of rotatable bonds is 7. The fraction of sp³-hybridized carbons (Fsp3) is 0.350. The average Bonchev–Trinajstić information content (AvgIpc) is 3.35. The predicted molar refractivity (Wildman–Crippen MR) is 103 cm³/mol. The Morgan fingerprint density at radius 2 is 2.16 bits per heavy atom. The summed E-state index contributed by atoms with van der Waals surface area (Å²) in [5.41, 5.74) is 0.948. The van der Waals surface area contributed by atoms with E-state index >= 15 is 0 Å². The second-order valence-corrected chi connectivity index (χ2v) is 7.11. The Balaban J connectivity index is 1.58. The van der Waals surface area contributed by atoms with Crippen molar-refractivity contribution in [1.82, 2.24) is 10.2 Å². The summed E-state index contributed by atoms with van der Waals surface area (Å²) in [6.45, 7) is 2.86. The van der Waals surface area contributed by atoms with Crippen LogP contribution in [0.15, 0.2) is 47.9 Å². The zero-order valence-corrected chi connectivity index (χ0v) is 15.3. The van der Waals surface area contributed by atoms with Crippen LogP contribution in [0.3, 0.4) is 0 Å². The van der Waals surface area contributed by atoms with Gasteiger partial charge in [0.15, 0.2) is 0 Å². The Bertz CT molecular complexity index is 706. The van der Waals surface area contributed by atoms with E-state index in [1.165, 1.54) is 17.7 Å². The molecule has 1 aliphatic heterocycles. The van der Waals surface area contributed by atoms with E-state index in [2.05, 4.69) is 27.7 Å². The van der Waals surface area contributed by atoms with Crippen molar-refractivity contribution >= 4 is 23.3 Å². The normalized spacial score (nSPS) is 16.2. The van der Waals surface area contributed by atoms with Gasteiger partial charge in [0.1, 0.15) is 5.75 Å². The quantitative estimate of drug-likeness (QED) is 0.769. The summed E-state index contributed by atoms with van der Waals surface area (Å²) in [5, 5.41) is 5.15. The minimum atomic E-state index is -0.0661. The van der Waals surface area contributed by atoms with Crippen LogP contribution >= 0.6 is 11.3 Å². The molecule has 1 aromatic heterocycles. The van der Waals surface area contributed by atoms with E-state index < -0.39 is 0 Å². The van der Waals surface area contributed by atoms with Crippen LogP contribution < -0.4 is 10.1 Å². The molecule has 0 spiro atoms. The predicted octanol–water partition coefficient (Wildman–Crippen LogP) is 3.72. The van der Waals surface area contributed by atoms with Crippen molar-refractivity contribution in [3.05, 3.63) is 58.3 Å². The maximum atomic E-state index is 12.2. The Morgan fingerprint density at radius 3 is 2.88 bits per heavy atom. The van der Waals surface area contributed by atoms with Gasteiger partial charge in [-0.2, -0.15) is 0 Å². The number of hydrogen-bond acceptors (Lipinski definition) is 4. The molecule has 25 heavy (non-hydrogen) atoms. The molecule has 1 N–H and O–H groups in total. The van der Waals surface area contributed by atoms with Gasteiger partial charge in [0.05, 0.1) is 13.2 Å². The molecule has 3 rings (SSSR count). The number of methoxy groups -OCH3 is 1. The van der Waals surface area contributed by atoms with Crippen molar-refractivity contribution in [1.29, 1.82) is 0 Å². The molecule has 132 valence electrons. The highest BCUT2D eigenvalue weighted by Gasteiger charge is 2.24. The van der Waals surface area contributed by atoms with Gasteiger partial charge in [-0.05, 0) is 61.1 Å². The van der Waals surface area contributed by atoms with Gasteiger partial charge >= 0.3 is 0 Å². The van der Waals surface area contributed by atoms with Crippen molar-refractivity contribution in [2.75, 3.05) is 26.7 Å². The van der Waals surface area contributed by atoms with Crippen LogP contribution in [-0.4, -0.2) is 37.6 Å². The maximum Gasteiger partial charge on any atom is 0.244 e. The number of likely N-dealkylation sites (tertiary alicyclic amines) is 1. The highest BCUT2D eigenvalue weighted by Crippen LogP contribution is 2.27. The highest BCUT2D eigenvalue weighted by molar-refractivity contribution is 7.10. The Hall–Kier alpha value is -2.11. The smallest absolute Gasteiger partial charge is 0.244 e. The second kappa shape index (κ2) is 8.83. The average molecular weight is 356 g/mol. The number of nitrogens with one attached hydrogen (secondary N) is 1. The fourth-order valence-electron chi connectivity index (χ4n) is 3.12. The first-order valence-electron chi connectivity index (χ1n) is 8.63. The number of carbonyl (C=O) groups is 1. The Labute approximate surface area is 153 Å². The Kier molecular flexibility index (Phi) is 6.25. The van der Waals surface area contributed by atoms with Gasteiger partial charge in [0.2, 0.25) is 5.91 Å². The molecule has 1 aromatic carbocycles. The summed E-state index contributed by atoms with van der Waals surface area (Å²) in [6.07, 6.45) is 5.88. The fourth-order valence-corrected chi connectivity index (χ4v) is 3.98. The summed E-state index contributed by atoms with van der Waals surface area (Å²) >= 11 is 1.76. The molecular weight excluding hydrogens is 332 g/mol. The number of hydrogen-bond donors (Lipinski definition) is 1. The molecule has 0 bridgehead atoms.